The van der Waals surface area contributed by atoms with Gasteiger partial charge in [0.1, 0.15) is 11.5 Å². The van der Waals surface area contributed by atoms with Crippen molar-refractivity contribution < 1.29 is 24.2 Å². The van der Waals surface area contributed by atoms with Crippen LogP contribution in [0.4, 0.5) is 0 Å². The van der Waals surface area contributed by atoms with Gasteiger partial charge in [-0.3, -0.25) is 4.79 Å². The smallest absolute Gasteiger partial charge is 0.347 e. The Hall–Kier alpha value is -3.08. The Balaban J connectivity index is 2.14. The lowest BCUT2D eigenvalue weighted by Crippen LogP contribution is -2.38. The molecule has 0 spiro atoms. The zero-order valence-corrected chi connectivity index (χ0v) is 21.6. The fourth-order valence-corrected chi connectivity index (χ4v) is 3.83. The van der Waals surface area contributed by atoms with Crippen LogP contribution in [0.2, 0.25) is 0 Å². The first-order valence-corrected chi connectivity index (χ1v) is 12.0. The molecule has 1 N–H and O–H groups in total. The maximum Gasteiger partial charge on any atom is 0.347 e. The Morgan fingerprint density at radius 2 is 1.44 bits per heavy atom. The van der Waals surface area contributed by atoms with E-state index in [0.717, 1.165) is 40.0 Å². The summed E-state index contributed by atoms with van der Waals surface area (Å²) in [5.74, 6) is 0.304. The third kappa shape index (κ3) is 7.21. The highest BCUT2D eigenvalue weighted by atomic mass is 16.5. The van der Waals surface area contributed by atoms with E-state index in [4.69, 9.17) is 9.47 Å². The number of aliphatic carboxylic acids is 1. The summed E-state index contributed by atoms with van der Waals surface area (Å²) >= 11 is 0. The summed E-state index contributed by atoms with van der Waals surface area (Å²) in [7, 11) is 0. The number of ether oxygens (including phenoxy) is 2. The second kappa shape index (κ2) is 11.9. The van der Waals surface area contributed by atoms with Crippen LogP contribution in [0.25, 0.3) is 6.08 Å². The van der Waals surface area contributed by atoms with Crippen LogP contribution in [-0.4, -0.2) is 29.1 Å². The molecule has 0 amide bonds. The number of carbonyl (C=O) groups is 2. The van der Waals surface area contributed by atoms with Gasteiger partial charge in [-0.15, -0.1) is 0 Å². The molecule has 2 rings (SSSR count). The summed E-state index contributed by atoms with van der Waals surface area (Å²) in [4.78, 5) is 24.3. The van der Waals surface area contributed by atoms with E-state index in [-0.39, 0.29) is 5.78 Å². The van der Waals surface area contributed by atoms with E-state index < -0.39 is 11.6 Å². The Morgan fingerprint density at radius 3 is 1.97 bits per heavy atom. The molecule has 0 atom stereocenters. The number of aryl methyl sites for hydroxylation is 4. The molecule has 0 saturated carbocycles. The van der Waals surface area contributed by atoms with Crippen LogP contribution in [0.15, 0.2) is 30.3 Å². The standard InChI is InChI=1S/C29H38O5/c1-8-9-10-11-14-33-26-21(4)17-24(18-22(26)5)25(30)13-12-23-15-19(2)27(20(3)16-23)34-29(6,7)28(31)32/h12-13,15-18H,8-11,14H2,1-7H3,(H,31,32)/b13-12+. The molecule has 0 fully saturated rings. The average Bonchev–Trinajstić information content (AvgIpc) is 2.75. The van der Waals surface area contributed by atoms with E-state index >= 15 is 0 Å². The molecule has 0 saturated heterocycles. The van der Waals surface area contributed by atoms with Crippen molar-refractivity contribution in [3.05, 3.63) is 63.7 Å². The summed E-state index contributed by atoms with van der Waals surface area (Å²) < 4.78 is 11.7. The van der Waals surface area contributed by atoms with Crippen molar-refractivity contribution in [2.24, 2.45) is 0 Å². The van der Waals surface area contributed by atoms with Crippen molar-refractivity contribution in [2.75, 3.05) is 6.61 Å². The number of rotatable bonds is 12. The minimum absolute atomic E-state index is 0.0802. The largest absolute Gasteiger partial charge is 0.493 e. The first kappa shape index (κ1) is 27.2. The monoisotopic (exact) mass is 466 g/mol. The summed E-state index contributed by atoms with van der Waals surface area (Å²) in [5, 5.41) is 9.34. The number of carbonyl (C=O) groups excluding carboxylic acids is 1. The van der Waals surface area contributed by atoms with Crippen LogP contribution in [-0.2, 0) is 4.79 Å². The predicted octanol–water partition coefficient (Wildman–Crippen LogP) is 7.02. The van der Waals surface area contributed by atoms with Crippen LogP contribution >= 0.6 is 0 Å². The van der Waals surface area contributed by atoms with Crippen molar-refractivity contribution in [1.29, 1.82) is 0 Å². The van der Waals surface area contributed by atoms with Crippen molar-refractivity contribution in [3.8, 4) is 11.5 Å². The molecule has 0 aliphatic carbocycles. The fraction of sp³-hybridized carbons (Fsp3) is 0.448. The Bertz CT molecular complexity index is 1020. The summed E-state index contributed by atoms with van der Waals surface area (Å²) in [6, 6.07) is 7.52. The maximum absolute atomic E-state index is 12.8. The van der Waals surface area contributed by atoms with Gasteiger partial charge in [0, 0.05) is 5.56 Å². The van der Waals surface area contributed by atoms with E-state index in [0.29, 0.717) is 17.9 Å². The molecule has 2 aromatic carbocycles. The van der Waals surface area contributed by atoms with Gasteiger partial charge in [-0.25, -0.2) is 4.79 Å². The lowest BCUT2D eigenvalue weighted by atomic mass is 10.0. The number of allylic oxidation sites excluding steroid dienone is 1. The molecular formula is C29H38O5. The average molecular weight is 467 g/mol. The highest BCUT2D eigenvalue weighted by molar-refractivity contribution is 6.07. The van der Waals surface area contributed by atoms with Crippen molar-refractivity contribution >= 4 is 17.8 Å². The first-order chi connectivity index (χ1) is 16.0. The van der Waals surface area contributed by atoms with E-state index in [1.807, 2.05) is 52.0 Å². The van der Waals surface area contributed by atoms with Crippen LogP contribution < -0.4 is 9.47 Å². The highest BCUT2D eigenvalue weighted by Gasteiger charge is 2.30. The van der Waals surface area contributed by atoms with E-state index in [1.165, 1.54) is 33.1 Å². The van der Waals surface area contributed by atoms with Gasteiger partial charge in [-0.2, -0.15) is 0 Å². The number of unbranched alkanes of at least 4 members (excludes halogenated alkanes) is 3. The van der Waals surface area contributed by atoms with E-state index in [1.54, 1.807) is 12.2 Å². The van der Waals surface area contributed by atoms with Gasteiger partial charge >= 0.3 is 5.97 Å². The molecule has 5 nitrogen and oxygen atoms in total. The molecule has 0 aliphatic rings. The lowest BCUT2D eigenvalue weighted by molar-refractivity contribution is -0.152. The van der Waals surface area contributed by atoms with Gasteiger partial charge in [0.05, 0.1) is 6.61 Å². The maximum atomic E-state index is 12.8. The van der Waals surface area contributed by atoms with E-state index in [2.05, 4.69) is 6.92 Å². The molecule has 5 heteroatoms. The Kier molecular flexibility index (Phi) is 9.48. The minimum Gasteiger partial charge on any atom is -0.493 e. The second-order valence-corrected chi connectivity index (χ2v) is 9.45. The molecule has 0 aliphatic heterocycles. The number of benzene rings is 2. The van der Waals surface area contributed by atoms with E-state index in [9.17, 15) is 14.7 Å². The summed E-state index contributed by atoms with van der Waals surface area (Å²) in [6.07, 6.45) is 7.96. The molecule has 0 aromatic heterocycles. The topological polar surface area (TPSA) is 72.8 Å². The van der Waals surface area contributed by atoms with Gasteiger partial charge in [-0.1, -0.05) is 32.3 Å². The number of hydrogen-bond acceptors (Lipinski definition) is 4. The van der Waals surface area contributed by atoms with Crippen LogP contribution in [0.5, 0.6) is 11.5 Å². The molecule has 0 radical (unpaired) electrons. The summed E-state index contributed by atoms with van der Waals surface area (Å²) in [6.45, 7) is 13.6. The Morgan fingerprint density at radius 1 is 0.882 bits per heavy atom. The molecule has 0 unspecified atom stereocenters. The normalized spacial score (nSPS) is 11.6. The number of carboxylic acids is 1. The lowest BCUT2D eigenvalue weighted by Gasteiger charge is -2.24. The van der Waals surface area contributed by atoms with Gasteiger partial charge in [-0.05, 0) is 106 Å². The Labute approximate surface area is 203 Å². The molecule has 2 aromatic rings. The third-order valence-corrected chi connectivity index (χ3v) is 5.77. The molecule has 184 valence electrons. The molecule has 34 heavy (non-hydrogen) atoms. The van der Waals surface area contributed by atoms with Crippen molar-refractivity contribution in [2.45, 2.75) is 79.8 Å². The molecule has 0 heterocycles. The van der Waals surface area contributed by atoms with Crippen molar-refractivity contribution in [3.63, 3.8) is 0 Å². The SMILES string of the molecule is CCCCCCOc1c(C)cc(C(=O)/C=C/c2cc(C)c(OC(C)(C)C(=O)O)c(C)c2)cc1C. The molecular weight excluding hydrogens is 428 g/mol. The molecule has 0 bridgehead atoms. The summed E-state index contributed by atoms with van der Waals surface area (Å²) in [5.41, 5.74) is 3.69. The van der Waals surface area contributed by atoms with Gasteiger partial charge in [0.25, 0.3) is 0 Å². The van der Waals surface area contributed by atoms with Gasteiger partial charge < -0.3 is 14.6 Å². The predicted molar refractivity (Wildman–Crippen MR) is 137 cm³/mol. The van der Waals surface area contributed by atoms with Crippen LogP contribution in [0.3, 0.4) is 0 Å². The minimum atomic E-state index is -1.33. The first-order valence-electron chi connectivity index (χ1n) is 12.0. The number of carboxylic acid groups (broad SMARTS) is 1. The zero-order chi connectivity index (χ0) is 25.5. The number of ketones is 1. The van der Waals surface area contributed by atoms with Gasteiger partial charge in [0.2, 0.25) is 0 Å². The van der Waals surface area contributed by atoms with Crippen LogP contribution in [0.1, 0.15) is 84.6 Å². The quantitative estimate of drug-likeness (QED) is 0.207. The third-order valence-electron chi connectivity index (χ3n) is 5.77. The highest BCUT2D eigenvalue weighted by Crippen LogP contribution is 2.30. The van der Waals surface area contributed by atoms with Crippen LogP contribution in [0, 0.1) is 27.7 Å². The number of hydrogen-bond donors (Lipinski definition) is 1. The zero-order valence-electron chi connectivity index (χ0n) is 21.6. The second-order valence-electron chi connectivity index (χ2n) is 9.45. The fourth-order valence-electron chi connectivity index (χ4n) is 3.83. The van der Waals surface area contributed by atoms with Crippen molar-refractivity contribution in [1.82, 2.24) is 0 Å². The van der Waals surface area contributed by atoms with Gasteiger partial charge in [0.15, 0.2) is 11.4 Å².